The maximum Gasteiger partial charge on any atom is 0.258 e. The average molecular weight is 260 g/mol. The lowest BCUT2D eigenvalue weighted by Crippen LogP contribution is -2.20. The van der Waals surface area contributed by atoms with E-state index >= 15 is 0 Å². The van der Waals surface area contributed by atoms with Crippen molar-refractivity contribution in [3.8, 4) is 5.75 Å². The number of rotatable bonds is 5. The van der Waals surface area contributed by atoms with Gasteiger partial charge in [-0.1, -0.05) is 0 Å². The van der Waals surface area contributed by atoms with Crippen molar-refractivity contribution in [1.29, 1.82) is 0 Å². The molecule has 0 bridgehead atoms. The van der Waals surface area contributed by atoms with E-state index in [1.165, 1.54) is 0 Å². The van der Waals surface area contributed by atoms with Gasteiger partial charge in [0.15, 0.2) is 0 Å². The molecule has 1 amide bonds. The number of pyridine rings is 1. The van der Waals surface area contributed by atoms with Crippen molar-refractivity contribution >= 4 is 16.7 Å². The van der Waals surface area contributed by atoms with Gasteiger partial charge in [0, 0.05) is 24.5 Å². The molecule has 2 aromatic rings. The molecule has 0 fully saturated rings. The van der Waals surface area contributed by atoms with Crippen molar-refractivity contribution in [3.05, 3.63) is 40.8 Å². The Morgan fingerprint density at radius 3 is 2.84 bits per heavy atom. The number of fused-ring (bicyclic) bond motifs is 1. The topological polar surface area (TPSA) is 74.3 Å². The third kappa shape index (κ3) is 2.93. The van der Waals surface area contributed by atoms with E-state index in [0.29, 0.717) is 18.4 Å². The molecule has 100 valence electrons. The van der Waals surface area contributed by atoms with Gasteiger partial charge in [-0.15, -0.1) is 0 Å². The number of amides is 1. The molecule has 2 N–H and O–H groups in total. The Morgan fingerprint density at radius 2 is 2.16 bits per heavy atom. The summed E-state index contributed by atoms with van der Waals surface area (Å²) in [6, 6.07) is 7.20. The molecule has 0 aliphatic heterocycles. The van der Waals surface area contributed by atoms with Crippen LogP contribution in [-0.2, 0) is 11.3 Å². The first kappa shape index (κ1) is 13.1. The monoisotopic (exact) mass is 260 g/mol. The fourth-order valence-corrected chi connectivity index (χ4v) is 1.99. The first-order chi connectivity index (χ1) is 9.11. The third-order valence-corrected chi connectivity index (χ3v) is 3.01. The molecule has 0 aliphatic carbocycles. The number of primary amides is 1. The van der Waals surface area contributed by atoms with Gasteiger partial charge in [-0.2, -0.15) is 0 Å². The van der Waals surface area contributed by atoms with Gasteiger partial charge < -0.3 is 15.0 Å². The summed E-state index contributed by atoms with van der Waals surface area (Å²) in [5, 5.41) is 1.48. The van der Waals surface area contributed by atoms with Gasteiger partial charge in [0.2, 0.25) is 5.91 Å². The van der Waals surface area contributed by atoms with Crippen molar-refractivity contribution in [2.45, 2.75) is 19.4 Å². The first-order valence-electron chi connectivity index (χ1n) is 6.07. The Labute approximate surface area is 110 Å². The molecular weight excluding hydrogens is 244 g/mol. The van der Waals surface area contributed by atoms with Crippen LogP contribution in [0.3, 0.4) is 0 Å². The van der Waals surface area contributed by atoms with Gasteiger partial charge >= 0.3 is 0 Å². The Kier molecular flexibility index (Phi) is 3.85. The van der Waals surface area contributed by atoms with E-state index in [-0.39, 0.29) is 17.9 Å². The number of carbonyl (C=O) groups is 1. The van der Waals surface area contributed by atoms with Crippen molar-refractivity contribution in [1.82, 2.24) is 4.57 Å². The summed E-state index contributed by atoms with van der Waals surface area (Å²) in [5.74, 6) is 0.372. The van der Waals surface area contributed by atoms with Gasteiger partial charge in [0.05, 0.1) is 7.11 Å². The summed E-state index contributed by atoms with van der Waals surface area (Å²) in [7, 11) is 1.59. The molecule has 1 heterocycles. The van der Waals surface area contributed by atoms with Crippen LogP contribution >= 0.6 is 0 Å². The highest BCUT2D eigenvalue weighted by molar-refractivity contribution is 5.82. The molecule has 2 rings (SSSR count). The lowest BCUT2D eigenvalue weighted by molar-refractivity contribution is -0.118. The van der Waals surface area contributed by atoms with E-state index in [1.54, 1.807) is 30.0 Å². The Hall–Kier alpha value is -2.30. The van der Waals surface area contributed by atoms with E-state index in [4.69, 9.17) is 10.5 Å². The molecule has 0 unspecified atom stereocenters. The SMILES string of the molecule is COc1ccc2c(=O)n(CCCC(N)=O)ccc2c1. The molecule has 1 aromatic heterocycles. The lowest BCUT2D eigenvalue weighted by Gasteiger charge is -2.07. The summed E-state index contributed by atoms with van der Waals surface area (Å²) in [4.78, 5) is 22.9. The predicted octanol–water partition coefficient (Wildman–Crippen LogP) is 1.28. The zero-order valence-electron chi connectivity index (χ0n) is 10.8. The molecule has 0 radical (unpaired) electrons. The number of aromatic nitrogens is 1. The van der Waals surface area contributed by atoms with Crippen LogP contribution in [0.15, 0.2) is 35.3 Å². The highest BCUT2D eigenvalue weighted by atomic mass is 16.5. The van der Waals surface area contributed by atoms with Gasteiger partial charge in [-0.25, -0.2) is 0 Å². The van der Waals surface area contributed by atoms with Gasteiger partial charge in [-0.05, 0) is 36.1 Å². The van der Waals surface area contributed by atoms with Gasteiger partial charge in [-0.3, -0.25) is 9.59 Å². The normalized spacial score (nSPS) is 10.6. The van der Waals surface area contributed by atoms with Crippen LogP contribution in [0.2, 0.25) is 0 Å². The number of ether oxygens (including phenoxy) is 1. The highest BCUT2D eigenvalue weighted by Gasteiger charge is 2.04. The number of benzene rings is 1. The van der Waals surface area contributed by atoms with E-state index in [9.17, 15) is 9.59 Å². The second-order valence-corrected chi connectivity index (χ2v) is 4.34. The van der Waals surface area contributed by atoms with E-state index in [2.05, 4.69) is 0 Å². The van der Waals surface area contributed by atoms with Crippen molar-refractivity contribution in [2.24, 2.45) is 5.73 Å². The maximum absolute atomic E-state index is 12.2. The number of aryl methyl sites for hydroxylation is 1. The second kappa shape index (κ2) is 5.56. The zero-order chi connectivity index (χ0) is 13.8. The number of hydrogen-bond donors (Lipinski definition) is 1. The average Bonchev–Trinajstić information content (AvgIpc) is 2.40. The summed E-state index contributed by atoms with van der Waals surface area (Å²) in [5.41, 5.74) is 5.01. The van der Waals surface area contributed by atoms with Crippen LogP contribution in [0.1, 0.15) is 12.8 Å². The fourth-order valence-electron chi connectivity index (χ4n) is 1.99. The van der Waals surface area contributed by atoms with Crippen molar-refractivity contribution < 1.29 is 9.53 Å². The smallest absolute Gasteiger partial charge is 0.258 e. The van der Waals surface area contributed by atoms with Crippen LogP contribution in [-0.4, -0.2) is 17.6 Å². The molecule has 0 saturated carbocycles. The standard InChI is InChI=1S/C14H16N2O3/c1-19-11-4-5-12-10(9-11)6-8-16(14(12)18)7-2-3-13(15)17/h4-6,8-9H,2-3,7H2,1H3,(H2,15,17). The maximum atomic E-state index is 12.2. The van der Waals surface area contributed by atoms with Gasteiger partial charge in [0.25, 0.3) is 5.56 Å². The second-order valence-electron chi connectivity index (χ2n) is 4.34. The van der Waals surface area contributed by atoms with Crippen LogP contribution in [0.25, 0.3) is 10.8 Å². The van der Waals surface area contributed by atoms with Crippen molar-refractivity contribution in [2.75, 3.05) is 7.11 Å². The minimum absolute atomic E-state index is 0.0652. The minimum Gasteiger partial charge on any atom is -0.497 e. The molecule has 0 spiro atoms. The molecule has 5 heteroatoms. The van der Waals surface area contributed by atoms with Gasteiger partial charge in [0.1, 0.15) is 5.75 Å². The summed E-state index contributed by atoms with van der Waals surface area (Å²) < 4.78 is 6.72. The van der Waals surface area contributed by atoms with Crippen molar-refractivity contribution in [3.63, 3.8) is 0 Å². The van der Waals surface area contributed by atoms with Crippen LogP contribution in [0, 0.1) is 0 Å². The number of nitrogens with two attached hydrogens (primary N) is 1. The summed E-state index contributed by atoms with van der Waals surface area (Å²) in [6.07, 6.45) is 2.58. The number of carbonyl (C=O) groups excluding carboxylic acids is 1. The van der Waals surface area contributed by atoms with Crippen LogP contribution < -0.4 is 16.0 Å². The zero-order valence-corrected chi connectivity index (χ0v) is 10.8. The van der Waals surface area contributed by atoms with E-state index in [1.807, 2.05) is 12.1 Å². The quantitative estimate of drug-likeness (QED) is 0.879. The molecular formula is C14H16N2O3. The number of hydrogen-bond acceptors (Lipinski definition) is 3. The third-order valence-electron chi connectivity index (χ3n) is 3.01. The molecule has 0 atom stereocenters. The fraction of sp³-hybridized carbons (Fsp3) is 0.286. The first-order valence-corrected chi connectivity index (χ1v) is 6.07. The van der Waals surface area contributed by atoms with E-state index in [0.717, 1.165) is 11.1 Å². The highest BCUT2D eigenvalue weighted by Crippen LogP contribution is 2.17. The Morgan fingerprint density at radius 1 is 1.37 bits per heavy atom. The van der Waals surface area contributed by atoms with Crippen LogP contribution in [0.5, 0.6) is 5.75 Å². The van der Waals surface area contributed by atoms with Crippen LogP contribution in [0.4, 0.5) is 0 Å². The molecule has 0 saturated heterocycles. The molecule has 1 aromatic carbocycles. The number of nitrogens with zero attached hydrogens (tertiary/aromatic N) is 1. The lowest BCUT2D eigenvalue weighted by atomic mass is 10.1. The van der Waals surface area contributed by atoms with E-state index < -0.39 is 0 Å². The summed E-state index contributed by atoms with van der Waals surface area (Å²) in [6.45, 7) is 0.490. The Balaban J connectivity index is 2.30. The summed E-state index contributed by atoms with van der Waals surface area (Å²) >= 11 is 0. The number of methoxy groups -OCH3 is 1. The molecule has 0 aliphatic rings. The molecule has 5 nitrogen and oxygen atoms in total. The largest absolute Gasteiger partial charge is 0.497 e. The Bertz CT molecular complexity index is 661. The predicted molar refractivity (Wildman–Crippen MR) is 73.2 cm³/mol. The molecule has 19 heavy (non-hydrogen) atoms. The minimum atomic E-state index is -0.349.